The number of rotatable bonds is 8. The van der Waals surface area contributed by atoms with Crippen LogP contribution in [-0.4, -0.2) is 42.2 Å². The van der Waals surface area contributed by atoms with Crippen molar-refractivity contribution in [3.8, 4) is 0 Å². The summed E-state index contributed by atoms with van der Waals surface area (Å²) in [5.74, 6) is -0.962. The highest BCUT2D eigenvalue weighted by atomic mass is 16.4. The van der Waals surface area contributed by atoms with E-state index in [1.165, 1.54) is 38.4 Å². The predicted octanol–water partition coefficient (Wildman–Crippen LogP) is 2.72. The van der Waals surface area contributed by atoms with E-state index in [0.29, 0.717) is 12.1 Å². The third-order valence-electron chi connectivity index (χ3n) is 4.32. The quantitative estimate of drug-likeness (QED) is 0.722. The van der Waals surface area contributed by atoms with Gasteiger partial charge in [0.1, 0.15) is 0 Å². The van der Waals surface area contributed by atoms with Crippen LogP contribution < -0.4 is 5.32 Å². The van der Waals surface area contributed by atoms with Crippen molar-refractivity contribution in [2.45, 2.75) is 51.1 Å². The molecule has 0 amide bonds. The molecule has 1 heterocycles. The Kier molecular flexibility index (Phi) is 6.26. The Morgan fingerprint density at radius 2 is 2.19 bits per heavy atom. The molecule has 2 rings (SSSR count). The van der Waals surface area contributed by atoms with Gasteiger partial charge in [0, 0.05) is 18.2 Å². The fraction of sp³-hybridized carbons (Fsp3) is 0.688. The highest BCUT2D eigenvalue weighted by Crippen LogP contribution is 2.21. The van der Waals surface area contributed by atoms with Crippen LogP contribution in [0.15, 0.2) is 16.7 Å². The minimum Gasteiger partial charge on any atom is -0.475 e. The lowest BCUT2D eigenvalue weighted by atomic mass is 9.94. The lowest BCUT2D eigenvalue weighted by molar-refractivity contribution is 0.0660. The lowest BCUT2D eigenvalue weighted by Gasteiger charge is -2.31. The van der Waals surface area contributed by atoms with Crippen molar-refractivity contribution in [1.29, 1.82) is 0 Å². The van der Waals surface area contributed by atoms with Crippen molar-refractivity contribution >= 4 is 5.97 Å². The smallest absolute Gasteiger partial charge is 0.372 e. The largest absolute Gasteiger partial charge is 0.475 e. The number of carboxylic acid groups (broad SMARTS) is 1. The molecular formula is C16H26N2O3. The second-order valence-corrected chi connectivity index (χ2v) is 5.88. The summed E-state index contributed by atoms with van der Waals surface area (Å²) in [6.45, 7) is 2.53. The molecule has 1 fully saturated rings. The first-order valence-corrected chi connectivity index (χ1v) is 7.89. The number of furan rings is 1. The molecule has 0 aliphatic heterocycles. The summed E-state index contributed by atoms with van der Waals surface area (Å²) < 4.78 is 4.95. The molecular weight excluding hydrogens is 268 g/mol. The summed E-state index contributed by atoms with van der Waals surface area (Å²) in [6, 6.07) is 2.47. The summed E-state index contributed by atoms with van der Waals surface area (Å²) in [4.78, 5) is 13.4. The van der Waals surface area contributed by atoms with Crippen LogP contribution in [0.1, 0.15) is 54.6 Å². The zero-order chi connectivity index (χ0) is 15.1. The second-order valence-electron chi connectivity index (χ2n) is 5.88. The Hall–Kier alpha value is -1.33. The van der Waals surface area contributed by atoms with Gasteiger partial charge in [0.05, 0.1) is 6.26 Å². The van der Waals surface area contributed by atoms with Crippen LogP contribution in [0.2, 0.25) is 0 Å². The predicted molar refractivity (Wildman–Crippen MR) is 81.5 cm³/mol. The van der Waals surface area contributed by atoms with Gasteiger partial charge in [-0.25, -0.2) is 4.79 Å². The fourth-order valence-corrected chi connectivity index (χ4v) is 3.04. The van der Waals surface area contributed by atoms with Crippen LogP contribution in [0.25, 0.3) is 0 Å². The van der Waals surface area contributed by atoms with E-state index in [-0.39, 0.29) is 5.76 Å². The van der Waals surface area contributed by atoms with Gasteiger partial charge in [0.2, 0.25) is 5.76 Å². The van der Waals surface area contributed by atoms with Crippen LogP contribution >= 0.6 is 0 Å². The van der Waals surface area contributed by atoms with Gasteiger partial charge in [-0.3, -0.25) is 0 Å². The van der Waals surface area contributed by atoms with E-state index in [9.17, 15) is 4.79 Å². The molecule has 2 N–H and O–H groups in total. The summed E-state index contributed by atoms with van der Waals surface area (Å²) in [7, 11) is 2.22. The average molecular weight is 294 g/mol. The Balaban J connectivity index is 1.61. The maximum absolute atomic E-state index is 10.9. The molecule has 0 aromatic carbocycles. The molecule has 1 aromatic rings. The van der Waals surface area contributed by atoms with Gasteiger partial charge < -0.3 is 19.7 Å². The van der Waals surface area contributed by atoms with Gasteiger partial charge in [-0.15, -0.1) is 0 Å². The van der Waals surface area contributed by atoms with E-state index < -0.39 is 5.97 Å². The molecule has 1 aliphatic carbocycles. The summed E-state index contributed by atoms with van der Waals surface area (Å²) in [6.07, 6.45) is 9.30. The van der Waals surface area contributed by atoms with Crippen molar-refractivity contribution in [1.82, 2.24) is 10.2 Å². The van der Waals surface area contributed by atoms with Crippen molar-refractivity contribution < 1.29 is 14.3 Å². The third-order valence-corrected chi connectivity index (χ3v) is 4.32. The van der Waals surface area contributed by atoms with Crippen LogP contribution in [-0.2, 0) is 6.54 Å². The molecule has 0 saturated heterocycles. The fourth-order valence-electron chi connectivity index (χ4n) is 3.04. The van der Waals surface area contributed by atoms with Gasteiger partial charge in [0.25, 0.3) is 0 Å². The summed E-state index contributed by atoms with van der Waals surface area (Å²) >= 11 is 0. The van der Waals surface area contributed by atoms with E-state index in [0.717, 1.165) is 25.6 Å². The first kappa shape index (κ1) is 16.0. The molecule has 0 spiro atoms. The first-order chi connectivity index (χ1) is 10.2. The van der Waals surface area contributed by atoms with E-state index in [1.54, 1.807) is 6.07 Å². The summed E-state index contributed by atoms with van der Waals surface area (Å²) in [5, 5.41) is 12.2. The highest BCUT2D eigenvalue weighted by molar-refractivity contribution is 5.86. The van der Waals surface area contributed by atoms with Crippen LogP contribution in [0.5, 0.6) is 0 Å². The minimum atomic E-state index is -1.01. The Labute approximate surface area is 126 Å². The molecule has 21 heavy (non-hydrogen) atoms. The van der Waals surface area contributed by atoms with Crippen LogP contribution in [0, 0.1) is 0 Å². The zero-order valence-electron chi connectivity index (χ0n) is 12.8. The van der Waals surface area contributed by atoms with Crippen molar-refractivity contribution in [3.63, 3.8) is 0 Å². The van der Waals surface area contributed by atoms with Crippen molar-refractivity contribution in [3.05, 3.63) is 23.7 Å². The van der Waals surface area contributed by atoms with Crippen molar-refractivity contribution in [2.75, 3.05) is 20.1 Å². The van der Waals surface area contributed by atoms with E-state index >= 15 is 0 Å². The Morgan fingerprint density at radius 1 is 1.43 bits per heavy atom. The normalized spacial score (nSPS) is 16.5. The van der Waals surface area contributed by atoms with E-state index in [2.05, 4.69) is 17.3 Å². The molecule has 0 unspecified atom stereocenters. The molecule has 1 aromatic heterocycles. The average Bonchev–Trinajstić information content (AvgIpc) is 2.96. The number of carbonyl (C=O) groups is 1. The summed E-state index contributed by atoms with van der Waals surface area (Å²) in [5.41, 5.74) is 0.711. The van der Waals surface area contributed by atoms with Gasteiger partial charge >= 0.3 is 5.97 Å². The SMILES string of the molecule is CN(CCCNCc1ccoc1C(=O)O)C1CCCCC1. The number of carboxylic acids is 1. The van der Waals surface area contributed by atoms with Gasteiger partial charge in [0.15, 0.2) is 0 Å². The standard InChI is InChI=1S/C16H26N2O3/c1-18(14-6-3-2-4-7-14)10-5-9-17-12-13-8-11-21-15(13)16(19)20/h8,11,14,17H,2-7,9-10,12H2,1H3,(H,19,20). The Bertz CT molecular complexity index is 438. The number of hydrogen-bond donors (Lipinski definition) is 2. The maximum atomic E-state index is 10.9. The van der Waals surface area contributed by atoms with Crippen molar-refractivity contribution in [2.24, 2.45) is 0 Å². The van der Waals surface area contributed by atoms with Crippen LogP contribution in [0.3, 0.4) is 0 Å². The number of hydrogen-bond acceptors (Lipinski definition) is 4. The second kappa shape index (κ2) is 8.20. The minimum absolute atomic E-state index is 0.0434. The van der Waals surface area contributed by atoms with Gasteiger partial charge in [-0.05, 0) is 45.5 Å². The third kappa shape index (κ3) is 4.86. The molecule has 0 radical (unpaired) electrons. The van der Waals surface area contributed by atoms with E-state index in [4.69, 9.17) is 9.52 Å². The maximum Gasteiger partial charge on any atom is 0.372 e. The molecule has 0 bridgehead atoms. The molecule has 0 atom stereocenters. The number of nitrogens with one attached hydrogen (secondary N) is 1. The van der Waals surface area contributed by atoms with Gasteiger partial charge in [-0.2, -0.15) is 0 Å². The molecule has 5 nitrogen and oxygen atoms in total. The molecule has 1 aliphatic rings. The molecule has 1 saturated carbocycles. The Morgan fingerprint density at radius 3 is 2.90 bits per heavy atom. The molecule has 5 heteroatoms. The highest BCUT2D eigenvalue weighted by Gasteiger charge is 2.17. The number of aromatic carboxylic acids is 1. The first-order valence-electron chi connectivity index (χ1n) is 7.89. The van der Waals surface area contributed by atoms with Gasteiger partial charge in [-0.1, -0.05) is 19.3 Å². The molecule has 118 valence electrons. The zero-order valence-corrected chi connectivity index (χ0v) is 12.8. The topological polar surface area (TPSA) is 65.7 Å². The van der Waals surface area contributed by atoms with Crippen LogP contribution in [0.4, 0.5) is 0 Å². The van der Waals surface area contributed by atoms with E-state index in [1.807, 2.05) is 0 Å². The number of nitrogens with zero attached hydrogens (tertiary/aromatic N) is 1. The monoisotopic (exact) mass is 294 g/mol. The lowest BCUT2D eigenvalue weighted by Crippen LogP contribution is -2.35.